The van der Waals surface area contributed by atoms with Crippen LogP contribution in [0, 0.1) is 11.6 Å². The molecule has 1 N–H and O–H groups in total. The van der Waals surface area contributed by atoms with Gasteiger partial charge in [-0.1, -0.05) is 17.7 Å². The van der Waals surface area contributed by atoms with Gasteiger partial charge >= 0.3 is 0 Å². The lowest BCUT2D eigenvalue weighted by Gasteiger charge is -2.34. The molecule has 1 fully saturated rings. The van der Waals surface area contributed by atoms with E-state index in [-0.39, 0.29) is 18.0 Å². The Bertz CT molecular complexity index is 855. The Morgan fingerprint density at radius 1 is 1.04 bits per heavy atom. The third kappa shape index (κ3) is 5.02. The number of hydrogen-bond donors (Lipinski definition) is 1. The number of rotatable bonds is 4. The van der Waals surface area contributed by atoms with Gasteiger partial charge in [-0.25, -0.2) is 8.78 Å². The number of carbonyl (C=O) groups excluding carboxylic acids is 2. The monoisotopic (exact) mass is 393 g/mol. The molecule has 0 saturated carbocycles. The standard InChI is InChI=1S/C19H18ClF2N3O2/c20-13-4-5-17(22)16(10-13)19(27)25-8-6-24(7-9-25)12-18(26)23-15-3-1-2-14(21)11-15/h1-5,10-11H,6-9,12H2,(H,23,26). The van der Waals surface area contributed by atoms with Gasteiger partial charge in [-0.15, -0.1) is 0 Å². The second kappa shape index (κ2) is 8.45. The fourth-order valence-corrected chi connectivity index (χ4v) is 3.08. The maximum absolute atomic E-state index is 13.9. The number of amides is 2. The summed E-state index contributed by atoms with van der Waals surface area (Å²) in [5.74, 6) is -1.71. The van der Waals surface area contributed by atoms with Crippen molar-refractivity contribution in [3.8, 4) is 0 Å². The number of benzene rings is 2. The molecule has 2 aromatic rings. The van der Waals surface area contributed by atoms with Crippen molar-refractivity contribution in [2.45, 2.75) is 0 Å². The van der Waals surface area contributed by atoms with Crippen molar-refractivity contribution in [2.75, 3.05) is 38.0 Å². The van der Waals surface area contributed by atoms with Crippen LogP contribution in [0.15, 0.2) is 42.5 Å². The second-order valence-electron chi connectivity index (χ2n) is 6.25. The van der Waals surface area contributed by atoms with E-state index in [1.165, 1.54) is 41.3 Å². The average molecular weight is 394 g/mol. The molecule has 8 heteroatoms. The summed E-state index contributed by atoms with van der Waals surface area (Å²) in [6.45, 7) is 1.83. The molecule has 1 saturated heterocycles. The van der Waals surface area contributed by atoms with E-state index in [9.17, 15) is 18.4 Å². The smallest absolute Gasteiger partial charge is 0.256 e. The zero-order valence-electron chi connectivity index (χ0n) is 14.4. The van der Waals surface area contributed by atoms with Gasteiger partial charge in [0.1, 0.15) is 11.6 Å². The van der Waals surface area contributed by atoms with Crippen molar-refractivity contribution in [1.29, 1.82) is 0 Å². The predicted octanol–water partition coefficient (Wildman–Crippen LogP) is 3.01. The molecule has 0 aliphatic carbocycles. The van der Waals surface area contributed by atoms with E-state index < -0.39 is 17.5 Å². The van der Waals surface area contributed by atoms with Crippen molar-refractivity contribution < 1.29 is 18.4 Å². The summed E-state index contributed by atoms with van der Waals surface area (Å²) in [4.78, 5) is 28.0. The molecule has 3 rings (SSSR count). The van der Waals surface area contributed by atoms with Gasteiger partial charge in [-0.05, 0) is 36.4 Å². The maximum Gasteiger partial charge on any atom is 0.256 e. The Morgan fingerprint density at radius 2 is 1.78 bits per heavy atom. The summed E-state index contributed by atoms with van der Waals surface area (Å²) in [7, 11) is 0. The highest BCUT2D eigenvalue weighted by atomic mass is 35.5. The Labute approximate surface area is 160 Å². The molecule has 1 aliphatic heterocycles. The molecule has 0 radical (unpaired) electrons. The molecule has 0 atom stereocenters. The molecule has 1 aliphatic rings. The minimum Gasteiger partial charge on any atom is -0.336 e. The van der Waals surface area contributed by atoms with Crippen molar-refractivity contribution in [3.05, 3.63) is 64.7 Å². The van der Waals surface area contributed by atoms with Crippen molar-refractivity contribution >= 4 is 29.1 Å². The highest BCUT2D eigenvalue weighted by Crippen LogP contribution is 2.18. The molecule has 2 aromatic carbocycles. The van der Waals surface area contributed by atoms with Crippen LogP contribution in [0.1, 0.15) is 10.4 Å². The molecule has 0 spiro atoms. The first-order valence-corrected chi connectivity index (χ1v) is 8.82. The first-order valence-electron chi connectivity index (χ1n) is 8.44. The van der Waals surface area contributed by atoms with Gasteiger partial charge in [0.15, 0.2) is 0 Å². The highest BCUT2D eigenvalue weighted by molar-refractivity contribution is 6.31. The average Bonchev–Trinajstić information content (AvgIpc) is 2.64. The number of nitrogens with zero attached hydrogens (tertiary/aromatic N) is 2. The van der Waals surface area contributed by atoms with Crippen molar-refractivity contribution in [1.82, 2.24) is 9.80 Å². The number of halogens is 3. The fourth-order valence-electron chi connectivity index (χ4n) is 2.91. The molecule has 0 bridgehead atoms. The zero-order valence-corrected chi connectivity index (χ0v) is 15.2. The van der Waals surface area contributed by atoms with Crippen LogP contribution in [0.3, 0.4) is 0 Å². The van der Waals surface area contributed by atoms with Crippen LogP contribution < -0.4 is 5.32 Å². The number of hydrogen-bond acceptors (Lipinski definition) is 3. The summed E-state index contributed by atoms with van der Waals surface area (Å²) >= 11 is 5.84. The van der Waals surface area contributed by atoms with E-state index in [1.54, 1.807) is 6.07 Å². The van der Waals surface area contributed by atoms with Crippen LogP contribution in [0.4, 0.5) is 14.5 Å². The minimum atomic E-state index is -0.610. The summed E-state index contributed by atoms with van der Waals surface area (Å²) in [5.41, 5.74) is 0.338. The number of nitrogens with one attached hydrogen (secondary N) is 1. The quantitative estimate of drug-likeness (QED) is 0.868. The van der Waals surface area contributed by atoms with Crippen LogP contribution in [-0.2, 0) is 4.79 Å². The van der Waals surface area contributed by atoms with E-state index in [4.69, 9.17) is 11.6 Å². The summed E-state index contributed by atoms with van der Waals surface area (Å²) in [6.07, 6.45) is 0. The molecule has 142 valence electrons. The van der Waals surface area contributed by atoms with Crippen LogP contribution >= 0.6 is 11.6 Å². The zero-order chi connectivity index (χ0) is 19.4. The van der Waals surface area contributed by atoms with Gasteiger partial charge in [0.25, 0.3) is 5.91 Å². The Kier molecular flexibility index (Phi) is 6.03. The number of anilines is 1. The fraction of sp³-hybridized carbons (Fsp3) is 0.263. The van der Waals surface area contributed by atoms with Gasteiger partial charge in [0, 0.05) is 36.9 Å². The van der Waals surface area contributed by atoms with E-state index >= 15 is 0 Å². The first kappa shape index (κ1) is 19.3. The Morgan fingerprint density at radius 3 is 2.48 bits per heavy atom. The first-order chi connectivity index (χ1) is 12.9. The maximum atomic E-state index is 13.9. The largest absolute Gasteiger partial charge is 0.336 e. The normalized spacial score (nSPS) is 14.9. The SMILES string of the molecule is O=C(CN1CCN(C(=O)c2cc(Cl)ccc2F)CC1)Nc1cccc(F)c1. The molecule has 27 heavy (non-hydrogen) atoms. The third-order valence-electron chi connectivity index (χ3n) is 4.29. The Balaban J connectivity index is 1.52. The molecular formula is C19H18ClF2N3O2. The lowest BCUT2D eigenvalue weighted by Crippen LogP contribution is -2.50. The van der Waals surface area contributed by atoms with E-state index in [0.29, 0.717) is 36.9 Å². The molecule has 0 aromatic heterocycles. The molecule has 2 amide bonds. The minimum absolute atomic E-state index is 0.0557. The van der Waals surface area contributed by atoms with Crippen LogP contribution in [0.2, 0.25) is 5.02 Å². The summed E-state index contributed by atoms with van der Waals surface area (Å²) in [5, 5.41) is 2.94. The second-order valence-corrected chi connectivity index (χ2v) is 6.69. The number of carbonyl (C=O) groups is 2. The van der Waals surface area contributed by atoms with Crippen molar-refractivity contribution in [3.63, 3.8) is 0 Å². The Hall–Kier alpha value is -2.51. The lowest BCUT2D eigenvalue weighted by atomic mass is 10.1. The van der Waals surface area contributed by atoms with Crippen LogP contribution in [0.5, 0.6) is 0 Å². The van der Waals surface area contributed by atoms with E-state index in [1.807, 2.05) is 4.90 Å². The molecule has 5 nitrogen and oxygen atoms in total. The van der Waals surface area contributed by atoms with Crippen molar-refractivity contribution in [2.24, 2.45) is 0 Å². The third-order valence-corrected chi connectivity index (χ3v) is 4.53. The number of piperazine rings is 1. The molecule has 0 unspecified atom stereocenters. The molecular weight excluding hydrogens is 376 g/mol. The van der Waals surface area contributed by atoms with Gasteiger partial charge < -0.3 is 10.2 Å². The van der Waals surface area contributed by atoms with Crippen LogP contribution in [0.25, 0.3) is 0 Å². The van der Waals surface area contributed by atoms with Gasteiger partial charge in [0.05, 0.1) is 12.1 Å². The van der Waals surface area contributed by atoms with E-state index in [0.717, 1.165) is 0 Å². The van der Waals surface area contributed by atoms with E-state index in [2.05, 4.69) is 5.32 Å². The van der Waals surface area contributed by atoms with Crippen LogP contribution in [-0.4, -0.2) is 54.3 Å². The van der Waals surface area contributed by atoms with Gasteiger partial charge in [0.2, 0.25) is 5.91 Å². The lowest BCUT2D eigenvalue weighted by molar-refractivity contribution is -0.117. The summed E-state index contributed by atoms with van der Waals surface area (Å²) in [6, 6.07) is 9.55. The van der Waals surface area contributed by atoms with Gasteiger partial charge in [-0.3, -0.25) is 14.5 Å². The summed E-state index contributed by atoms with van der Waals surface area (Å²) < 4.78 is 27.0. The predicted molar refractivity (Wildman–Crippen MR) is 98.8 cm³/mol. The highest BCUT2D eigenvalue weighted by Gasteiger charge is 2.25. The molecule has 1 heterocycles. The van der Waals surface area contributed by atoms with Gasteiger partial charge in [-0.2, -0.15) is 0 Å². The topological polar surface area (TPSA) is 52.7 Å².